The van der Waals surface area contributed by atoms with Crippen molar-refractivity contribution in [2.75, 3.05) is 11.4 Å². The lowest BCUT2D eigenvalue weighted by Crippen LogP contribution is -2.33. The van der Waals surface area contributed by atoms with E-state index in [0.717, 1.165) is 55.5 Å². The minimum absolute atomic E-state index is 0.585. The van der Waals surface area contributed by atoms with Gasteiger partial charge in [-0.05, 0) is 60.1 Å². The maximum Gasteiger partial charge on any atom is 0.0896 e. The van der Waals surface area contributed by atoms with Gasteiger partial charge in [0.1, 0.15) is 0 Å². The van der Waals surface area contributed by atoms with Gasteiger partial charge in [0, 0.05) is 36.8 Å². The van der Waals surface area contributed by atoms with E-state index < -0.39 is 5.60 Å². The van der Waals surface area contributed by atoms with Crippen LogP contribution in [0.2, 0.25) is 0 Å². The van der Waals surface area contributed by atoms with Crippen LogP contribution in [0.1, 0.15) is 41.5 Å². The van der Waals surface area contributed by atoms with Gasteiger partial charge in [-0.2, -0.15) is 0 Å². The Hall–Kier alpha value is -2.59. The van der Waals surface area contributed by atoms with Gasteiger partial charge in [0.25, 0.3) is 0 Å². The van der Waals surface area contributed by atoms with Gasteiger partial charge in [-0.3, -0.25) is 0 Å². The number of nitrogens with two attached hydrogens (primary N) is 1. The van der Waals surface area contributed by atoms with Crippen LogP contribution >= 0.6 is 0 Å². The molecular weight excluding hydrogens is 322 g/mol. The Bertz CT molecular complexity index is 850. The second-order valence-corrected chi connectivity index (χ2v) is 7.36. The number of nitrogens with one attached hydrogen (secondary N) is 1. The fourth-order valence-corrected chi connectivity index (χ4v) is 3.98. The van der Waals surface area contributed by atoms with Gasteiger partial charge in [-0.25, -0.2) is 0 Å². The Morgan fingerprint density at radius 2 is 1.96 bits per heavy atom. The van der Waals surface area contributed by atoms with E-state index in [4.69, 9.17) is 11.1 Å². The number of aliphatic hydroxyl groups is 1. The number of hydrogen-bond donors (Lipinski definition) is 3. The van der Waals surface area contributed by atoms with E-state index >= 15 is 0 Å². The van der Waals surface area contributed by atoms with Crippen LogP contribution < -0.4 is 10.6 Å². The largest absolute Gasteiger partial charge is 0.404 e. The number of allylic oxidation sites excluding steroid dienone is 1. The zero-order valence-electron chi connectivity index (χ0n) is 14.9. The SMILES string of the molecule is N=C/C(=C\N)c1ccc2c(c1)CCN2Cc1ccc(C2(O)CCC2)cc1. The van der Waals surface area contributed by atoms with E-state index in [-0.39, 0.29) is 0 Å². The van der Waals surface area contributed by atoms with Gasteiger partial charge >= 0.3 is 0 Å². The van der Waals surface area contributed by atoms with Crippen LogP contribution in [0, 0.1) is 5.41 Å². The molecule has 4 heteroatoms. The summed E-state index contributed by atoms with van der Waals surface area (Å²) in [6, 6.07) is 14.8. The minimum atomic E-state index is -0.585. The highest BCUT2D eigenvalue weighted by molar-refractivity contribution is 6.08. The second kappa shape index (κ2) is 6.61. The molecule has 0 spiro atoms. The molecule has 0 radical (unpaired) electrons. The van der Waals surface area contributed by atoms with Gasteiger partial charge in [-0.15, -0.1) is 0 Å². The Balaban J connectivity index is 1.50. The molecule has 1 aliphatic heterocycles. The summed E-state index contributed by atoms with van der Waals surface area (Å²) in [5, 5.41) is 17.9. The van der Waals surface area contributed by atoms with Crippen LogP contribution in [0.5, 0.6) is 0 Å². The number of benzene rings is 2. The summed E-state index contributed by atoms with van der Waals surface area (Å²) >= 11 is 0. The second-order valence-electron chi connectivity index (χ2n) is 7.36. The fraction of sp³-hybridized carbons (Fsp3) is 0.318. The molecule has 0 unspecified atom stereocenters. The lowest BCUT2D eigenvalue weighted by molar-refractivity contribution is -0.0388. The zero-order valence-corrected chi connectivity index (χ0v) is 14.9. The molecule has 1 heterocycles. The van der Waals surface area contributed by atoms with E-state index in [0.29, 0.717) is 0 Å². The van der Waals surface area contributed by atoms with Crippen LogP contribution in [0.15, 0.2) is 48.7 Å². The third-order valence-corrected chi connectivity index (χ3v) is 5.79. The lowest BCUT2D eigenvalue weighted by Gasteiger charge is -2.37. The van der Waals surface area contributed by atoms with Gasteiger partial charge in [-0.1, -0.05) is 30.3 Å². The van der Waals surface area contributed by atoms with Crippen LogP contribution in [0.4, 0.5) is 5.69 Å². The van der Waals surface area contributed by atoms with Crippen LogP contribution in [0.25, 0.3) is 5.57 Å². The number of hydrogen-bond acceptors (Lipinski definition) is 4. The topological polar surface area (TPSA) is 73.3 Å². The predicted octanol–water partition coefficient (Wildman–Crippen LogP) is 3.57. The first-order valence-electron chi connectivity index (χ1n) is 9.25. The molecule has 2 aliphatic rings. The molecule has 0 atom stereocenters. The first-order valence-corrected chi connectivity index (χ1v) is 9.25. The van der Waals surface area contributed by atoms with Crippen LogP contribution in [0.3, 0.4) is 0 Å². The Morgan fingerprint density at radius 3 is 2.58 bits per heavy atom. The quantitative estimate of drug-likeness (QED) is 0.724. The molecule has 1 fully saturated rings. The maximum atomic E-state index is 10.5. The molecule has 0 saturated heterocycles. The molecule has 0 bridgehead atoms. The van der Waals surface area contributed by atoms with Gasteiger partial charge < -0.3 is 21.1 Å². The van der Waals surface area contributed by atoms with Crippen LogP contribution in [-0.2, 0) is 18.6 Å². The zero-order chi connectivity index (χ0) is 18.1. The molecule has 0 amide bonds. The minimum Gasteiger partial charge on any atom is -0.404 e. The third-order valence-electron chi connectivity index (χ3n) is 5.79. The normalized spacial score (nSPS) is 18.3. The average Bonchev–Trinajstić information content (AvgIpc) is 3.04. The Kier molecular flexibility index (Phi) is 4.29. The average molecular weight is 347 g/mol. The summed E-state index contributed by atoms with van der Waals surface area (Å²) in [6.45, 7) is 1.87. The molecule has 2 aromatic carbocycles. The van der Waals surface area contributed by atoms with Crippen molar-refractivity contribution in [2.24, 2.45) is 5.73 Å². The summed E-state index contributed by atoms with van der Waals surface area (Å²) in [6.07, 6.45) is 6.66. The maximum absolute atomic E-state index is 10.5. The molecule has 2 aromatic rings. The van der Waals surface area contributed by atoms with Crippen molar-refractivity contribution in [3.05, 3.63) is 70.9 Å². The first kappa shape index (κ1) is 16.9. The van der Waals surface area contributed by atoms with Crippen molar-refractivity contribution in [2.45, 2.75) is 37.8 Å². The fourth-order valence-electron chi connectivity index (χ4n) is 3.98. The highest BCUT2D eigenvalue weighted by Crippen LogP contribution is 2.41. The number of nitrogens with zero attached hydrogens (tertiary/aromatic N) is 1. The smallest absolute Gasteiger partial charge is 0.0896 e. The van der Waals surface area contributed by atoms with Crippen molar-refractivity contribution in [1.29, 1.82) is 5.41 Å². The third kappa shape index (κ3) is 2.90. The molecule has 4 nitrogen and oxygen atoms in total. The molecular formula is C22H25N3O. The Labute approximate surface area is 154 Å². The summed E-state index contributed by atoms with van der Waals surface area (Å²) in [4.78, 5) is 2.39. The molecule has 4 rings (SSSR count). The van der Waals surface area contributed by atoms with Crippen molar-refractivity contribution in [3.63, 3.8) is 0 Å². The summed E-state index contributed by atoms with van der Waals surface area (Å²) in [7, 11) is 0. The van der Waals surface area contributed by atoms with E-state index in [1.54, 1.807) is 0 Å². The monoisotopic (exact) mass is 347 g/mol. The molecule has 134 valence electrons. The Morgan fingerprint density at radius 1 is 1.19 bits per heavy atom. The lowest BCUT2D eigenvalue weighted by atomic mass is 9.75. The van der Waals surface area contributed by atoms with E-state index in [2.05, 4.69) is 41.3 Å². The van der Waals surface area contributed by atoms with E-state index in [9.17, 15) is 5.11 Å². The first-order chi connectivity index (χ1) is 12.6. The van der Waals surface area contributed by atoms with E-state index in [1.165, 1.54) is 29.2 Å². The van der Waals surface area contributed by atoms with Gasteiger partial charge in [0.2, 0.25) is 0 Å². The molecule has 4 N–H and O–H groups in total. The number of anilines is 1. The number of fused-ring (bicyclic) bond motifs is 1. The summed E-state index contributed by atoms with van der Waals surface area (Å²) < 4.78 is 0. The van der Waals surface area contributed by atoms with Crippen LogP contribution in [-0.4, -0.2) is 17.9 Å². The summed E-state index contributed by atoms with van der Waals surface area (Å²) in [5.74, 6) is 0. The summed E-state index contributed by atoms with van der Waals surface area (Å²) in [5.41, 5.74) is 11.6. The number of rotatable bonds is 5. The van der Waals surface area contributed by atoms with Crippen molar-refractivity contribution in [3.8, 4) is 0 Å². The molecule has 0 aromatic heterocycles. The van der Waals surface area contributed by atoms with Gasteiger partial charge in [0.15, 0.2) is 0 Å². The molecule has 1 saturated carbocycles. The van der Waals surface area contributed by atoms with Gasteiger partial charge in [0.05, 0.1) is 5.60 Å². The highest BCUT2D eigenvalue weighted by Gasteiger charge is 2.35. The van der Waals surface area contributed by atoms with Crippen molar-refractivity contribution >= 4 is 17.5 Å². The van der Waals surface area contributed by atoms with Crippen molar-refractivity contribution in [1.82, 2.24) is 0 Å². The highest BCUT2D eigenvalue weighted by atomic mass is 16.3. The van der Waals surface area contributed by atoms with E-state index in [1.807, 2.05) is 6.07 Å². The standard InChI is InChI=1S/C22H25N3O/c23-13-19(14-24)17-4-7-21-18(12-17)8-11-25(21)15-16-2-5-20(6-3-16)22(26)9-1-10-22/h2-7,12-14,23,26H,1,8-11,15,24H2/b19-14+,23-13?. The molecule has 26 heavy (non-hydrogen) atoms. The van der Waals surface area contributed by atoms with Crippen molar-refractivity contribution < 1.29 is 5.11 Å². The molecule has 1 aliphatic carbocycles. The predicted molar refractivity (Wildman–Crippen MR) is 106 cm³/mol.